The molecule has 148 valence electrons. The highest BCUT2D eigenvalue weighted by Gasteiger charge is 2.20. The molecule has 7 heteroatoms. The molecule has 7 nitrogen and oxygen atoms in total. The second-order valence-electron chi connectivity index (χ2n) is 7.09. The molecule has 4 rings (SSSR count). The van der Waals surface area contributed by atoms with Crippen molar-refractivity contribution in [2.24, 2.45) is 0 Å². The van der Waals surface area contributed by atoms with Gasteiger partial charge in [0.05, 0.1) is 0 Å². The molecule has 0 atom stereocenters. The van der Waals surface area contributed by atoms with Gasteiger partial charge in [-0.25, -0.2) is 9.97 Å². The lowest BCUT2D eigenvalue weighted by atomic mass is 10.2. The summed E-state index contributed by atoms with van der Waals surface area (Å²) in [6, 6.07) is 14.0. The Hall–Kier alpha value is -3.48. The average Bonchev–Trinajstić information content (AvgIpc) is 2.78. The Balaban J connectivity index is 1.37. The molecule has 1 aromatic carbocycles. The van der Waals surface area contributed by atoms with Crippen LogP contribution in [0.4, 0.5) is 11.6 Å². The quantitative estimate of drug-likeness (QED) is 0.724. The molecule has 2 aromatic heterocycles. The van der Waals surface area contributed by atoms with Crippen LogP contribution in [0.5, 0.6) is 0 Å². The zero-order valence-corrected chi connectivity index (χ0v) is 16.5. The molecule has 1 aliphatic heterocycles. The van der Waals surface area contributed by atoms with Gasteiger partial charge in [0.15, 0.2) is 0 Å². The molecule has 1 saturated heterocycles. The van der Waals surface area contributed by atoms with Crippen LogP contribution in [-0.2, 0) is 6.54 Å². The van der Waals surface area contributed by atoms with E-state index >= 15 is 0 Å². The number of pyridine rings is 1. The number of nitrogens with zero attached hydrogens (tertiary/aromatic N) is 5. The van der Waals surface area contributed by atoms with Crippen molar-refractivity contribution in [2.75, 3.05) is 36.0 Å². The molecular weight excluding hydrogens is 364 g/mol. The van der Waals surface area contributed by atoms with Crippen molar-refractivity contribution in [1.29, 1.82) is 0 Å². The monoisotopic (exact) mass is 388 g/mol. The van der Waals surface area contributed by atoms with E-state index < -0.39 is 0 Å². The maximum Gasteiger partial charge on any atom is 0.270 e. The highest BCUT2D eigenvalue weighted by atomic mass is 16.1. The minimum absolute atomic E-state index is 0.205. The lowest BCUT2D eigenvalue weighted by Crippen LogP contribution is -2.47. The molecule has 1 N–H and O–H groups in total. The Morgan fingerprint density at radius 2 is 1.76 bits per heavy atom. The molecule has 1 aliphatic rings. The van der Waals surface area contributed by atoms with Gasteiger partial charge in [-0.15, -0.1) is 0 Å². The van der Waals surface area contributed by atoms with E-state index in [1.54, 1.807) is 24.7 Å². The van der Waals surface area contributed by atoms with E-state index in [4.69, 9.17) is 0 Å². The third-order valence-electron chi connectivity index (χ3n) is 5.01. The van der Waals surface area contributed by atoms with Gasteiger partial charge < -0.3 is 15.1 Å². The minimum Gasteiger partial charge on any atom is -0.368 e. The summed E-state index contributed by atoms with van der Waals surface area (Å²) < 4.78 is 0. The van der Waals surface area contributed by atoms with Gasteiger partial charge in [0, 0.05) is 57.0 Å². The van der Waals surface area contributed by atoms with E-state index in [-0.39, 0.29) is 5.91 Å². The summed E-state index contributed by atoms with van der Waals surface area (Å²) >= 11 is 0. The number of aryl methyl sites for hydroxylation is 1. The van der Waals surface area contributed by atoms with E-state index in [9.17, 15) is 4.79 Å². The maximum absolute atomic E-state index is 12.5. The SMILES string of the molecule is Cc1cccc(N2CCN(c3nccc(C(=O)NCc4ccncc4)n3)CC2)c1. The summed E-state index contributed by atoms with van der Waals surface area (Å²) in [5.41, 5.74) is 3.88. The first-order valence-electron chi connectivity index (χ1n) is 9.76. The summed E-state index contributed by atoms with van der Waals surface area (Å²) in [5, 5.41) is 2.90. The van der Waals surface area contributed by atoms with Crippen molar-refractivity contribution < 1.29 is 4.79 Å². The second-order valence-corrected chi connectivity index (χ2v) is 7.09. The van der Waals surface area contributed by atoms with Gasteiger partial charge in [-0.2, -0.15) is 0 Å². The summed E-state index contributed by atoms with van der Waals surface area (Å²) in [7, 11) is 0. The lowest BCUT2D eigenvalue weighted by molar-refractivity contribution is 0.0946. The molecule has 0 saturated carbocycles. The zero-order valence-electron chi connectivity index (χ0n) is 16.5. The number of piperazine rings is 1. The highest BCUT2D eigenvalue weighted by molar-refractivity contribution is 5.92. The maximum atomic E-state index is 12.5. The van der Waals surface area contributed by atoms with E-state index in [0.29, 0.717) is 18.2 Å². The average molecular weight is 388 g/mol. The minimum atomic E-state index is -0.205. The Morgan fingerprint density at radius 1 is 1.00 bits per heavy atom. The Kier molecular flexibility index (Phi) is 5.65. The Morgan fingerprint density at radius 3 is 2.52 bits per heavy atom. The van der Waals surface area contributed by atoms with E-state index in [1.165, 1.54) is 11.3 Å². The molecule has 0 spiro atoms. The van der Waals surface area contributed by atoms with Crippen LogP contribution in [0.2, 0.25) is 0 Å². The fourth-order valence-electron chi connectivity index (χ4n) is 3.39. The van der Waals surface area contributed by atoms with Crippen molar-refractivity contribution in [3.8, 4) is 0 Å². The molecule has 0 bridgehead atoms. The van der Waals surface area contributed by atoms with Gasteiger partial charge in [-0.1, -0.05) is 12.1 Å². The summed E-state index contributed by atoms with van der Waals surface area (Å²) in [5.74, 6) is 0.398. The summed E-state index contributed by atoms with van der Waals surface area (Å²) in [6.45, 7) is 5.97. The molecule has 0 aliphatic carbocycles. The van der Waals surface area contributed by atoms with Crippen LogP contribution in [-0.4, -0.2) is 47.0 Å². The van der Waals surface area contributed by atoms with Crippen molar-refractivity contribution in [3.05, 3.63) is 77.9 Å². The first-order valence-corrected chi connectivity index (χ1v) is 9.76. The molecule has 1 fully saturated rings. The van der Waals surface area contributed by atoms with E-state index in [2.05, 4.69) is 61.3 Å². The number of benzene rings is 1. The smallest absolute Gasteiger partial charge is 0.270 e. The van der Waals surface area contributed by atoms with Crippen LogP contribution in [0.3, 0.4) is 0 Å². The first kappa shape index (κ1) is 18.9. The molecule has 0 radical (unpaired) electrons. The van der Waals surface area contributed by atoms with Crippen molar-refractivity contribution in [1.82, 2.24) is 20.3 Å². The first-order chi connectivity index (χ1) is 14.2. The molecule has 3 aromatic rings. The molecule has 29 heavy (non-hydrogen) atoms. The van der Waals surface area contributed by atoms with Gasteiger partial charge >= 0.3 is 0 Å². The van der Waals surface area contributed by atoms with Crippen molar-refractivity contribution in [3.63, 3.8) is 0 Å². The van der Waals surface area contributed by atoms with E-state index in [1.807, 2.05) is 12.1 Å². The number of carbonyl (C=O) groups excluding carboxylic acids is 1. The van der Waals surface area contributed by atoms with Crippen LogP contribution in [0.1, 0.15) is 21.6 Å². The van der Waals surface area contributed by atoms with Crippen molar-refractivity contribution in [2.45, 2.75) is 13.5 Å². The number of hydrogen-bond donors (Lipinski definition) is 1. The zero-order chi connectivity index (χ0) is 20.1. The highest BCUT2D eigenvalue weighted by Crippen LogP contribution is 2.19. The fraction of sp³-hybridized carbons (Fsp3) is 0.273. The van der Waals surface area contributed by atoms with Crippen LogP contribution in [0.25, 0.3) is 0 Å². The largest absolute Gasteiger partial charge is 0.368 e. The van der Waals surface area contributed by atoms with E-state index in [0.717, 1.165) is 31.7 Å². The molecule has 1 amide bonds. The number of hydrogen-bond acceptors (Lipinski definition) is 6. The van der Waals surface area contributed by atoms with Gasteiger partial charge in [-0.3, -0.25) is 9.78 Å². The normalized spacial score (nSPS) is 14.0. The standard InChI is InChI=1S/C22H24N6O/c1-17-3-2-4-19(15-17)27-11-13-28(14-12-27)22-24-10-7-20(26-22)21(29)25-16-18-5-8-23-9-6-18/h2-10,15H,11-14,16H2,1H3,(H,25,29). The van der Waals surface area contributed by atoms with Crippen LogP contribution in [0.15, 0.2) is 61.1 Å². The number of rotatable bonds is 5. The molecule has 0 unspecified atom stereocenters. The van der Waals surface area contributed by atoms with Gasteiger partial charge in [0.25, 0.3) is 5.91 Å². The fourth-order valence-corrected chi connectivity index (χ4v) is 3.39. The van der Waals surface area contributed by atoms with Crippen LogP contribution >= 0.6 is 0 Å². The topological polar surface area (TPSA) is 74.2 Å². The van der Waals surface area contributed by atoms with Gasteiger partial charge in [0.1, 0.15) is 5.69 Å². The third-order valence-corrected chi connectivity index (χ3v) is 5.01. The van der Waals surface area contributed by atoms with Crippen LogP contribution in [0, 0.1) is 6.92 Å². The third kappa shape index (κ3) is 4.68. The van der Waals surface area contributed by atoms with Gasteiger partial charge in [0.2, 0.25) is 5.95 Å². The summed E-state index contributed by atoms with van der Waals surface area (Å²) in [6.07, 6.45) is 5.07. The number of anilines is 2. The number of nitrogens with one attached hydrogen (secondary N) is 1. The Bertz CT molecular complexity index is 970. The summed E-state index contributed by atoms with van der Waals surface area (Å²) in [4.78, 5) is 29.8. The Labute approximate surface area is 170 Å². The molecule has 3 heterocycles. The lowest BCUT2D eigenvalue weighted by Gasteiger charge is -2.36. The number of aromatic nitrogens is 3. The number of amides is 1. The predicted molar refractivity (Wildman–Crippen MR) is 113 cm³/mol. The van der Waals surface area contributed by atoms with Crippen LogP contribution < -0.4 is 15.1 Å². The van der Waals surface area contributed by atoms with Gasteiger partial charge in [-0.05, 0) is 48.4 Å². The number of carbonyl (C=O) groups is 1. The second kappa shape index (κ2) is 8.68. The molecular formula is C22H24N6O. The predicted octanol–water partition coefficient (Wildman–Crippen LogP) is 2.44. The van der Waals surface area contributed by atoms with Crippen molar-refractivity contribution >= 4 is 17.5 Å².